The van der Waals surface area contributed by atoms with Gasteiger partial charge in [0.25, 0.3) is 0 Å². The van der Waals surface area contributed by atoms with Gasteiger partial charge in [0.05, 0.1) is 11.8 Å². The number of nitrogens with two attached hydrogens (primary N) is 1. The summed E-state index contributed by atoms with van der Waals surface area (Å²) in [6.07, 6.45) is 3.62. The van der Waals surface area contributed by atoms with Crippen molar-refractivity contribution >= 4 is 15.7 Å². The van der Waals surface area contributed by atoms with Crippen LogP contribution in [0, 0.1) is 0 Å². The Labute approximate surface area is 119 Å². The molecule has 112 valence electrons. The molecule has 2 N–H and O–H groups in total. The summed E-state index contributed by atoms with van der Waals surface area (Å²) < 4.78 is 22.1. The van der Waals surface area contributed by atoms with Crippen molar-refractivity contribution in [3.8, 4) is 0 Å². The van der Waals surface area contributed by atoms with E-state index in [4.69, 9.17) is 5.73 Å². The molecule has 1 atom stereocenters. The van der Waals surface area contributed by atoms with Gasteiger partial charge in [-0.25, -0.2) is 8.42 Å². The van der Waals surface area contributed by atoms with E-state index in [9.17, 15) is 13.2 Å². The molecule has 7 heteroatoms. The second kappa shape index (κ2) is 7.35. The third-order valence-electron chi connectivity index (χ3n) is 2.92. The monoisotopic (exact) mass is 299 g/mol. The topological polar surface area (TPSA) is 93.4 Å². The molecule has 1 amide bonds. The molecule has 1 rings (SSSR count). The van der Waals surface area contributed by atoms with Crippen LogP contribution in [-0.2, 0) is 21.1 Å². The van der Waals surface area contributed by atoms with E-state index in [0.717, 1.165) is 11.9 Å². The number of carbonyl (C=O) groups is 1. The summed E-state index contributed by atoms with van der Waals surface area (Å²) >= 11 is 0. The molecule has 0 aliphatic heterocycles. The fraction of sp³-hybridized carbons (Fsp3) is 0.538. The van der Waals surface area contributed by atoms with Crippen molar-refractivity contribution in [3.63, 3.8) is 0 Å². The zero-order valence-corrected chi connectivity index (χ0v) is 12.6. The number of likely N-dealkylation sites (N-methyl/N-ethyl adjacent to an activating group) is 1. The predicted octanol–water partition coefficient (Wildman–Crippen LogP) is -0.155. The van der Waals surface area contributed by atoms with Gasteiger partial charge < -0.3 is 10.6 Å². The number of amides is 1. The highest BCUT2D eigenvalue weighted by Crippen LogP contribution is 2.01. The summed E-state index contributed by atoms with van der Waals surface area (Å²) in [6.45, 7) is 0.502. The van der Waals surface area contributed by atoms with Crippen LogP contribution >= 0.6 is 0 Å². The quantitative estimate of drug-likeness (QED) is 0.755. The molecule has 0 saturated carbocycles. The first-order chi connectivity index (χ1) is 9.29. The number of sulfone groups is 1. The van der Waals surface area contributed by atoms with Crippen LogP contribution in [0.3, 0.4) is 0 Å². The molecule has 0 saturated heterocycles. The van der Waals surface area contributed by atoms with E-state index in [1.165, 1.54) is 4.90 Å². The number of hydrogen-bond acceptors (Lipinski definition) is 5. The number of rotatable bonds is 7. The predicted molar refractivity (Wildman–Crippen MR) is 77.9 cm³/mol. The lowest BCUT2D eigenvalue weighted by Crippen LogP contribution is -2.43. The van der Waals surface area contributed by atoms with Crippen molar-refractivity contribution in [2.24, 2.45) is 5.73 Å². The normalized spacial score (nSPS) is 12.9. The van der Waals surface area contributed by atoms with Gasteiger partial charge in [-0.2, -0.15) is 0 Å². The van der Waals surface area contributed by atoms with E-state index in [0.29, 0.717) is 13.0 Å². The number of nitrogens with zero attached hydrogens (tertiary/aromatic N) is 2. The van der Waals surface area contributed by atoms with Gasteiger partial charge in [0, 0.05) is 38.2 Å². The van der Waals surface area contributed by atoms with Gasteiger partial charge in [0.1, 0.15) is 9.84 Å². The Kier molecular flexibility index (Phi) is 6.09. The molecule has 6 nitrogen and oxygen atoms in total. The lowest BCUT2D eigenvalue weighted by atomic mass is 10.2. The summed E-state index contributed by atoms with van der Waals surface area (Å²) in [6, 6.07) is 4.84. The van der Waals surface area contributed by atoms with E-state index in [1.54, 1.807) is 13.2 Å². The molecular weight excluding hydrogens is 278 g/mol. The largest absolute Gasteiger partial charge is 0.344 e. The van der Waals surface area contributed by atoms with Crippen LogP contribution in [0.4, 0.5) is 0 Å². The molecule has 0 aliphatic rings. The highest BCUT2D eigenvalue weighted by molar-refractivity contribution is 7.90. The van der Waals surface area contributed by atoms with Crippen molar-refractivity contribution in [1.82, 2.24) is 9.88 Å². The average molecular weight is 299 g/mol. The maximum atomic E-state index is 12.0. The molecule has 0 bridgehead atoms. The summed E-state index contributed by atoms with van der Waals surface area (Å²) in [5.41, 5.74) is 6.62. The first kappa shape index (κ1) is 16.6. The molecule has 1 aromatic rings. The van der Waals surface area contributed by atoms with E-state index in [-0.39, 0.29) is 18.1 Å². The maximum absolute atomic E-state index is 12.0. The highest BCUT2D eigenvalue weighted by Gasteiger charge is 2.19. The minimum absolute atomic E-state index is 0.0754. The summed E-state index contributed by atoms with van der Waals surface area (Å²) in [5, 5.41) is 0. The summed E-state index contributed by atoms with van der Waals surface area (Å²) in [7, 11) is -1.44. The average Bonchev–Trinajstić information content (AvgIpc) is 2.41. The Hall–Kier alpha value is -1.47. The molecule has 1 aromatic heterocycles. The van der Waals surface area contributed by atoms with Crippen LogP contribution in [-0.4, -0.2) is 55.9 Å². The number of aromatic nitrogens is 1. The molecular formula is C13H21N3O3S. The third kappa shape index (κ3) is 6.12. The Morgan fingerprint density at radius 2 is 2.15 bits per heavy atom. The van der Waals surface area contributed by atoms with Gasteiger partial charge in [-0.3, -0.25) is 9.78 Å². The molecule has 0 aliphatic carbocycles. The Bertz CT molecular complexity index is 531. The van der Waals surface area contributed by atoms with Crippen LogP contribution in [0.15, 0.2) is 24.4 Å². The van der Waals surface area contributed by atoms with Crippen molar-refractivity contribution in [1.29, 1.82) is 0 Å². The van der Waals surface area contributed by atoms with E-state index in [1.807, 2.05) is 18.2 Å². The van der Waals surface area contributed by atoms with Crippen molar-refractivity contribution in [3.05, 3.63) is 30.1 Å². The first-order valence-corrected chi connectivity index (χ1v) is 8.44. The van der Waals surface area contributed by atoms with Crippen molar-refractivity contribution in [2.75, 3.05) is 25.6 Å². The zero-order valence-electron chi connectivity index (χ0n) is 11.8. The van der Waals surface area contributed by atoms with Crippen molar-refractivity contribution in [2.45, 2.75) is 18.9 Å². The minimum atomic E-state index is -3.09. The number of pyridine rings is 1. The Morgan fingerprint density at radius 3 is 2.70 bits per heavy atom. The van der Waals surface area contributed by atoms with Gasteiger partial charge in [-0.15, -0.1) is 0 Å². The Morgan fingerprint density at radius 1 is 1.45 bits per heavy atom. The van der Waals surface area contributed by atoms with Crippen molar-refractivity contribution < 1.29 is 13.2 Å². The van der Waals surface area contributed by atoms with Crippen LogP contribution in [0.25, 0.3) is 0 Å². The maximum Gasteiger partial charge on any atom is 0.239 e. The van der Waals surface area contributed by atoms with Crippen LogP contribution < -0.4 is 5.73 Å². The molecule has 1 unspecified atom stereocenters. The molecule has 20 heavy (non-hydrogen) atoms. The van der Waals surface area contributed by atoms with E-state index >= 15 is 0 Å². The molecule has 0 radical (unpaired) electrons. The van der Waals surface area contributed by atoms with Crippen LogP contribution in [0.5, 0.6) is 0 Å². The lowest BCUT2D eigenvalue weighted by molar-refractivity contribution is -0.131. The van der Waals surface area contributed by atoms with Gasteiger partial charge in [-0.1, -0.05) is 6.07 Å². The third-order valence-corrected chi connectivity index (χ3v) is 3.90. The second-order valence-corrected chi connectivity index (χ2v) is 7.12. The van der Waals surface area contributed by atoms with Gasteiger partial charge >= 0.3 is 0 Å². The van der Waals surface area contributed by atoms with E-state index in [2.05, 4.69) is 4.98 Å². The standard InChI is InChI=1S/C13H21N3O3S/c1-16(9-6-11-5-3-4-8-15-11)13(17)12(14)7-10-20(2,18)19/h3-5,8,12H,6-7,9-10,14H2,1-2H3. The number of carbonyl (C=O) groups excluding carboxylic acids is 1. The molecule has 0 spiro atoms. The summed E-state index contributed by atoms with van der Waals surface area (Å²) in [5.74, 6) is -0.321. The molecule has 0 fully saturated rings. The van der Waals surface area contributed by atoms with Gasteiger partial charge in [-0.05, 0) is 18.6 Å². The first-order valence-electron chi connectivity index (χ1n) is 6.38. The smallest absolute Gasteiger partial charge is 0.239 e. The van der Waals surface area contributed by atoms with Crippen LogP contribution in [0.2, 0.25) is 0 Å². The fourth-order valence-electron chi connectivity index (χ4n) is 1.69. The molecule has 1 heterocycles. The van der Waals surface area contributed by atoms with Crippen LogP contribution in [0.1, 0.15) is 12.1 Å². The van der Waals surface area contributed by atoms with Gasteiger partial charge in [0.2, 0.25) is 5.91 Å². The molecule has 0 aromatic carbocycles. The van der Waals surface area contributed by atoms with Gasteiger partial charge in [0.15, 0.2) is 0 Å². The highest BCUT2D eigenvalue weighted by atomic mass is 32.2. The van der Waals surface area contributed by atoms with E-state index < -0.39 is 15.9 Å². The SMILES string of the molecule is CN(CCc1ccccn1)C(=O)C(N)CCS(C)(=O)=O. The fourth-order valence-corrected chi connectivity index (χ4v) is 2.37. The Balaban J connectivity index is 2.42. The second-order valence-electron chi connectivity index (χ2n) is 4.86. The summed E-state index contributed by atoms with van der Waals surface area (Å²) in [4.78, 5) is 17.7. The zero-order chi connectivity index (χ0) is 15.2. The number of hydrogen-bond donors (Lipinski definition) is 1. The lowest BCUT2D eigenvalue weighted by Gasteiger charge is -2.21. The minimum Gasteiger partial charge on any atom is -0.344 e.